The summed E-state index contributed by atoms with van der Waals surface area (Å²) in [5.41, 5.74) is 5.79. The molecule has 6 rings (SSSR count). The highest BCUT2D eigenvalue weighted by Crippen LogP contribution is 2.54. The number of hydrogen-bond acceptors (Lipinski definition) is 1. The van der Waals surface area contributed by atoms with Crippen molar-refractivity contribution in [1.82, 2.24) is 0 Å². The van der Waals surface area contributed by atoms with E-state index in [0.717, 1.165) is 6.42 Å². The van der Waals surface area contributed by atoms with Crippen molar-refractivity contribution in [3.05, 3.63) is 88.7 Å². The number of piperidine rings is 1. The van der Waals surface area contributed by atoms with Crippen LogP contribution in [-0.4, -0.2) is 18.8 Å². The molecule has 1 saturated heterocycles. The van der Waals surface area contributed by atoms with Crippen LogP contribution in [0.3, 0.4) is 0 Å². The van der Waals surface area contributed by atoms with E-state index in [4.69, 9.17) is 4.74 Å². The molecule has 2 heteroatoms. The molecule has 2 nitrogen and oxygen atoms in total. The third-order valence-electron chi connectivity index (χ3n) is 8.80. The molecule has 0 aromatic heterocycles. The van der Waals surface area contributed by atoms with Crippen LogP contribution in [-0.2, 0) is 4.74 Å². The van der Waals surface area contributed by atoms with Crippen LogP contribution in [0, 0.1) is 5.92 Å². The van der Waals surface area contributed by atoms with Gasteiger partial charge < -0.3 is 4.74 Å². The predicted molar refractivity (Wildman–Crippen MR) is 135 cm³/mol. The van der Waals surface area contributed by atoms with Gasteiger partial charge in [0.15, 0.2) is 0 Å². The zero-order valence-corrected chi connectivity index (χ0v) is 19.9. The van der Waals surface area contributed by atoms with Gasteiger partial charge in [-0.25, -0.2) is 0 Å². The quantitative estimate of drug-likeness (QED) is 0.593. The number of hydrogen-bond donors (Lipinski definition) is 1. The lowest BCUT2D eigenvalue weighted by Gasteiger charge is -2.55. The van der Waals surface area contributed by atoms with Crippen LogP contribution < -0.4 is 4.90 Å². The van der Waals surface area contributed by atoms with Crippen LogP contribution in [0.15, 0.2) is 77.6 Å². The Kier molecular flexibility index (Phi) is 5.88. The molecule has 2 aromatic rings. The monoisotopic (exact) mass is 440 g/mol. The second kappa shape index (κ2) is 9.14. The van der Waals surface area contributed by atoms with E-state index >= 15 is 0 Å². The van der Waals surface area contributed by atoms with E-state index in [9.17, 15) is 0 Å². The van der Waals surface area contributed by atoms with E-state index in [1.54, 1.807) is 10.5 Å². The number of quaternary nitrogens is 1. The van der Waals surface area contributed by atoms with Crippen LogP contribution >= 0.6 is 0 Å². The maximum absolute atomic E-state index is 7.43. The zero-order valence-electron chi connectivity index (χ0n) is 19.9. The first-order valence-corrected chi connectivity index (χ1v) is 13.4. The molecule has 2 fully saturated rings. The summed E-state index contributed by atoms with van der Waals surface area (Å²) in [5, 5.41) is 0. The number of fused-ring (bicyclic) bond motifs is 1. The van der Waals surface area contributed by atoms with E-state index in [-0.39, 0.29) is 5.72 Å². The smallest absolute Gasteiger partial charge is 0.245 e. The Hall–Kier alpha value is -2.32. The Morgan fingerprint density at radius 3 is 2.33 bits per heavy atom. The van der Waals surface area contributed by atoms with Gasteiger partial charge in [-0.1, -0.05) is 67.1 Å². The van der Waals surface area contributed by atoms with E-state index in [1.165, 1.54) is 93.3 Å². The molecule has 33 heavy (non-hydrogen) atoms. The summed E-state index contributed by atoms with van der Waals surface area (Å²) < 4.78 is 7.43. The molecule has 0 spiro atoms. The SMILES string of the molecule is C(=C1/CCCC2=C1O[C@]1([NH+]3CCCCC3)CCCC[C@H]1[C@H]2c1ccccc1)/c1ccccc1. The summed E-state index contributed by atoms with van der Waals surface area (Å²) in [6.45, 7) is 2.55. The Morgan fingerprint density at radius 2 is 1.55 bits per heavy atom. The third kappa shape index (κ3) is 3.87. The molecular weight excluding hydrogens is 402 g/mol. The van der Waals surface area contributed by atoms with E-state index in [2.05, 4.69) is 66.7 Å². The lowest BCUT2D eigenvalue weighted by atomic mass is 9.64. The van der Waals surface area contributed by atoms with Crippen molar-refractivity contribution >= 4 is 6.08 Å². The fourth-order valence-electron chi connectivity index (χ4n) is 7.38. The molecule has 3 atom stereocenters. The zero-order chi connectivity index (χ0) is 22.1. The van der Waals surface area contributed by atoms with Gasteiger partial charge in [0.2, 0.25) is 5.72 Å². The summed E-state index contributed by atoms with van der Waals surface area (Å²) in [5.74, 6) is 2.37. The molecule has 0 unspecified atom stereocenters. The van der Waals surface area contributed by atoms with Crippen LogP contribution in [0.1, 0.15) is 81.3 Å². The maximum Gasteiger partial charge on any atom is 0.245 e. The van der Waals surface area contributed by atoms with Gasteiger partial charge in [-0.3, -0.25) is 4.90 Å². The van der Waals surface area contributed by atoms with E-state index in [1.807, 2.05) is 0 Å². The first-order valence-electron chi connectivity index (χ1n) is 13.4. The minimum atomic E-state index is -0.0505. The predicted octanol–water partition coefficient (Wildman–Crippen LogP) is 6.28. The molecule has 2 aliphatic carbocycles. The van der Waals surface area contributed by atoms with Crippen LogP contribution in [0.5, 0.6) is 0 Å². The van der Waals surface area contributed by atoms with Crippen LogP contribution in [0.4, 0.5) is 0 Å². The molecule has 2 aromatic carbocycles. The third-order valence-corrected chi connectivity index (χ3v) is 8.80. The van der Waals surface area contributed by atoms with Gasteiger partial charge >= 0.3 is 0 Å². The molecule has 0 radical (unpaired) electrons. The van der Waals surface area contributed by atoms with Crippen molar-refractivity contribution in [3.8, 4) is 0 Å². The fourth-order valence-corrected chi connectivity index (χ4v) is 7.38. The van der Waals surface area contributed by atoms with Gasteiger partial charge in [-0.05, 0) is 79.7 Å². The maximum atomic E-state index is 7.43. The Labute approximate surface area is 199 Å². The molecule has 2 aliphatic heterocycles. The first-order chi connectivity index (χ1) is 16.4. The number of ether oxygens (including phenoxy) is 1. The standard InChI is InChI=1S/C31H37NO/c1-4-13-24(14-5-1)23-26-17-12-18-27-29(25-15-6-2-7-16-25)28-19-8-9-20-31(28,33-30(26)27)32-21-10-3-11-22-32/h1-2,4-7,13-16,23,28-29H,3,8-12,17-22H2/p+1/b26-23+/t28-,29-,31+/m0/s1. The van der Waals surface area contributed by atoms with Crippen LogP contribution in [0.25, 0.3) is 6.08 Å². The number of allylic oxidation sites excluding steroid dienone is 2. The number of benzene rings is 2. The minimum absolute atomic E-state index is 0.0505. The van der Waals surface area contributed by atoms with Crippen molar-refractivity contribution in [2.75, 3.05) is 13.1 Å². The second-order valence-electron chi connectivity index (χ2n) is 10.7. The highest BCUT2D eigenvalue weighted by molar-refractivity contribution is 5.60. The highest BCUT2D eigenvalue weighted by atomic mass is 16.5. The number of rotatable bonds is 3. The largest absolute Gasteiger partial charge is 0.440 e. The fraction of sp³-hybridized carbons (Fsp3) is 0.484. The average molecular weight is 441 g/mol. The van der Waals surface area contributed by atoms with E-state index in [0.29, 0.717) is 11.8 Å². The number of nitrogens with one attached hydrogen (secondary N) is 1. The van der Waals surface area contributed by atoms with Gasteiger partial charge in [-0.15, -0.1) is 0 Å². The Bertz CT molecular complexity index is 1020. The van der Waals surface area contributed by atoms with Gasteiger partial charge in [0.25, 0.3) is 0 Å². The van der Waals surface area contributed by atoms with Gasteiger partial charge in [0, 0.05) is 12.3 Å². The molecule has 1 N–H and O–H groups in total. The first kappa shape index (κ1) is 21.2. The highest BCUT2D eigenvalue weighted by Gasteiger charge is 2.59. The average Bonchev–Trinajstić information content (AvgIpc) is 2.89. The molecule has 0 bridgehead atoms. The minimum Gasteiger partial charge on any atom is -0.440 e. The molecule has 0 amide bonds. The van der Waals surface area contributed by atoms with Crippen molar-refractivity contribution in [3.63, 3.8) is 0 Å². The summed E-state index contributed by atoms with van der Waals surface area (Å²) in [6.07, 6.45) is 15.2. The Balaban J connectivity index is 1.51. The van der Waals surface area contributed by atoms with E-state index < -0.39 is 0 Å². The lowest BCUT2D eigenvalue weighted by molar-refractivity contribution is -0.989. The number of likely N-dealkylation sites (tertiary alicyclic amines) is 1. The molecule has 172 valence electrons. The van der Waals surface area contributed by atoms with Gasteiger partial charge in [0.05, 0.1) is 19.0 Å². The van der Waals surface area contributed by atoms with Crippen molar-refractivity contribution in [2.45, 2.75) is 75.9 Å². The molecule has 2 heterocycles. The van der Waals surface area contributed by atoms with Crippen molar-refractivity contribution in [2.24, 2.45) is 5.92 Å². The summed E-state index contributed by atoms with van der Waals surface area (Å²) in [7, 11) is 0. The normalized spacial score (nSPS) is 31.6. The van der Waals surface area contributed by atoms with Gasteiger partial charge in [-0.2, -0.15) is 0 Å². The van der Waals surface area contributed by atoms with Crippen LogP contribution in [0.2, 0.25) is 0 Å². The van der Waals surface area contributed by atoms with Crippen molar-refractivity contribution in [1.29, 1.82) is 0 Å². The van der Waals surface area contributed by atoms with Gasteiger partial charge in [0.1, 0.15) is 5.76 Å². The molecular formula is C31H38NO+. The Morgan fingerprint density at radius 1 is 0.788 bits per heavy atom. The molecule has 4 aliphatic rings. The summed E-state index contributed by atoms with van der Waals surface area (Å²) in [4.78, 5) is 1.75. The lowest BCUT2D eigenvalue weighted by Crippen LogP contribution is -3.22. The summed E-state index contributed by atoms with van der Waals surface area (Å²) >= 11 is 0. The second-order valence-corrected chi connectivity index (χ2v) is 10.7. The van der Waals surface area contributed by atoms with Crippen molar-refractivity contribution < 1.29 is 9.64 Å². The summed E-state index contributed by atoms with van der Waals surface area (Å²) in [6, 6.07) is 22.3. The molecule has 1 saturated carbocycles. The topological polar surface area (TPSA) is 13.7 Å².